The first kappa shape index (κ1) is 23.4. The molecule has 2 fully saturated rings. The number of hydrogen-bond acceptors (Lipinski definition) is 6. The molecule has 2 aromatic heterocycles. The van der Waals surface area contributed by atoms with Crippen LogP contribution in [0.3, 0.4) is 0 Å². The normalized spacial score (nSPS) is 20.2. The number of carbonyl (C=O) groups is 1. The zero-order valence-electron chi connectivity index (χ0n) is 19.2. The fraction of sp³-hybridized carbons (Fsp3) is 0.636. The predicted octanol–water partition coefficient (Wildman–Crippen LogP) is 3.09. The number of nitrogens with zero attached hydrogens (tertiary/aromatic N) is 3. The van der Waals surface area contributed by atoms with E-state index in [2.05, 4.69) is 16.6 Å². The summed E-state index contributed by atoms with van der Waals surface area (Å²) in [7, 11) is -1.85. The maximum Gasteiger partial charge on any atom is 0.265 e. The van der Waals surface area contributed by atoms with E-state index in [4.69, 9.17) is 4.74 Å². The van der Waals surface area contributed by atoms with Gasteiger partial charge >= 0.3 is 0 Å². The molecule has 2 aliphatic heterocycles. The number of ether oxygens (including phenoxy) is 1. The van der Waals surface area contributed by atoms with Crippen LogP contribution in [0.5, 0.6) is 0 Å². The van der Waals surface area contributed by atoms with E-state index in [0.717, 1.165) is 38.8 Å². The lowest BCUT2D eigenvalue weighted by molar-refractivity contribution is 0.0701. The van der Waals surface area contributed by atoms with Gasteiger partial charge in [0.1, 0.15) is 14.8 Å². The SMILES string of the molecule is Cc1nc(-c2cc(S(=O)(=O)NC[C@H]3CCCO3)c(C)n2C)sc1C(=O)N1CCC(C)CC1. The molecule has 1 amide bonds. The minimum absolute atomic E-state index is 0.0233. The van der Waals surface area contributed by atoms with Crippen molar-refractivity contribution >= 4 is 27.3 Å². The molecule has 0 spiro atoms. The summed E-state index contributed by atoms with van der Waals surface area (Å²) in [6.45, 7) is 8.35. The van der Waals surface area contributed by atoms with Crippen LogP contribution in [0.2, 0.25) is 0 Å². The zero-order chi connectivity index (χ0) is 23.0. The van der Waals surface area contributed by atoms with Crippen molar-refractivity contribution in [3.63, 3.8) is 0 Å². The van der Waals surface area contributed by atoms with Gasteiger partial charge in [0.05, 0.1) is 17.5 Å². The van der Waals surface area contributed by atoms with Crippen LogP contribution >= 0.6 is 11.3 Å². The van der Waals surface area contributed by atoms with Gasteiger partial charge in [-0.3, -0.25) is 4.79 Å². The molecule has 8 nitrogen and oxygen atoms in total. The Morgan fingerprint density at radius 2 is 2.00 bits per heavy atom. The van der Waals surface area contributed by atoms with E-state index in [1.54, 1.807) is 13.0 Å². The van der Waals surface area contributed by atoms with Gasteiger partial charge in [0.2, 0.25) is 10.0 Å². The molecule has 0 radical (unpaired) electrons. The molecule has 176 valence electrons. The molecule has 4 heterocycles. The Kier molecular flexibility index (Phi) is 6.76. The molecular formula is C22H32N4O4S2. The van der Waals surface area contributed by atoms with Crippen LogP contribution in [0, 0.1) is 19.8 Å². The molecule has 32 heavy (non-hydrogen) atoms. The number of thiazole rings is 1. The second-order valence-electron chi connectivity index (χ2n) is 8.93. The molecule has 0 aliphatic carbocycles. The van der Waals surface area contributed by atoms with Crippen molar-refractivity contribution in [1.82, 2.24) is 19.2 Å². The van der Waals surface area contributed by atoms with Gasteiger partial charge in [-0.05, 0) is 51.5 Å². The van der Waals surface area contributed by atoms with Crippen LogP contribution in [0.25, 0.3) is 10.7 Å². The second kappa shape index (κ2) is 9.24. The maximum absolute atomic E-state index is 13.1. The number of sulfonamides is 1. The summed E-state index contributed by atoms with van der Waals surface area (Å²) in [6, 6.07) is 1.66. The van der Waals surface area contributed by atoms with E-state index in [1.807, 2.05) is 23.4 Å². The molecule has 0 aromatic carbocycles. The number of likely N-dealkylation sites (tertiary alicyclic amines) is 1. The molecule has 10 heteroatoms. The van der Waals surface area contributed by atoms with Gasteiger partial charge in [0.15, 0.2) is 0 Å². The van der Waals surface area contributed by atoms with Gasteiger partial charge in [-0.25, -0.2) is 18.1 Å². The summed E-state index contributed by atoms with van der Waals surface area (Å²) in [5.41, 5.74) is 2.01. The average Bonchev–Trinajstić information content (AvgIpc) is 3.48. The number of aryl methyl sites for hydroxylation is 1. The number of aromatic nitrogens is 2. The molecule has 1 N–H and O–H groups in total. The Morgan fingerprint density at radius 1 is 1.28 bits per heavy atom. The van der Waals surface area contributed by atoms with Crippen molar-refractivity contribution in [3.05, 3.63) is 22.3 Å². The van der Waals surface area contributed by atoms with Crippen LogP contribution in [0.1, 0.15) is 53.7 Å². The number of hydrogen-bond donors (Lipinski definition) is 1. The first-order chi connectivity index (χ1) is 15.2. The van der Waals surface area contributed by atoms with Gasteiger partial charge in [-0.15, -0.1) is 11.3 Å². The highest BCUT2D eigenvalue weighted by Crippen LogP contribution is 2.33. The average molecular weight is 481 g/mol. The van der Waals surface area contributed by atoms with E-state index < -0.39 is 10.0 Å². The van der Waals surface area contributed by atoms with Crippen molar-refractivity contribution in [3.8, 4) is 10.7 Å². The molecular weight excluding hydrogens is 448 g/mol. The molecule has 2 saturated heterocycles. The van der Waals surface area contributed by atoms with Gasteiger partial charge in [-0.2, -0.15) is 0 Å². The van der Waals surface area contributed by atoms with Crippen molar-refractivity contribution in [1.29, 1.82) is 0 Å². The predicted molar refractivity (Wildman–Crippen MR) is 124 cm³/mol. The van der Waals surface area contributed by atoms with Gasteiger partial charge in [0, 0.05) is 39.0 Å². The Balaban J connectivity index is 1.57. The first-order valence-electron chi connectivity index (χ1n) is 11.2. The van der Waals surface area contributed by atoms with Crippen LogP contribution in [-0.4, -0.2) is 61.1 Å². The summed E-state index contributed by atoms with van der Waals surface area (Å²) < 4.78 is 36.0. The standard InChI is InChI=1S/C22H32N4O4S2/c1-14-7-9-26(10-8-14)22(27)20-15(2)24-21(31-20)18-12-19(16(3)25(18)4)32(28,29)23-13-17-6-5-11-30-17/h12,14,17,23H,5-11,13H2,1-4H3/t17-/m1/s1. The number of rotatable bonds is 6. The molecule has 0 unspecified atom stereocenters. The number of carbonyl (C=O) groups excluding carboxylic acids is 1. The largest absolute Gasteiger partial charge is 0.377 e. The summed E-state index contributed by atoms with van der Waals surface area (Å²) in [6.07, 6.45) is 3.80. The number of nitrogens with one attached hydrogen (secondary N) is 1. The van der Waals surface area contributed by atoms with Crippen molar-refractivity contribution in [2.45, 2.75) is 57.5 Å². The van der Waals surface area contributed by atoms with Gasteiger partial charge < -0.3 is 14.2 Å². The number of amides is 1. The Labute approximate surface area is 194 Å². The lowest BCUT2D eigenvalue weighted by Gasteiger charge is -2.30. The molecule has 4 rings (SSSR count). The zero-order valence-corrected chi connectivity index (χ0v) is 20.8. The Hall–Kier alpha value is -1.75. The Bertz CT molecular complexity index is 1090. The van der Waals surface area contributed by atoms with Crippen LogP contribution in [0.15, 0.2) is 11.0 Å². The Morgan fingerprint density at radius 3 is 2.66 bits per heavy atom. The lowest BCUT2D eigenvalue weighted by atomic mass is 9.99. The van der Waals surface area contributed by atoms with E-state index in [1.165, 1.54) is 11.3 Å². The van der Waals surface area contributed by atoms with Crippen molar-refractivity contribution in [2.24, 2.45) is 13.0 Å². The topological polar surface area (TPSA) is 93.5 Å². The van der Waals surface area contributed by atoms with E-state index in [-0.39, 0.29) is 23.5 Å². The van der Waals surface area contributed by atoms with Crippen LogP contribution < -0.4 is 4.72 Å². The van der Waals surface area contributed by atoms with Crippen molar-refractivity contribution in [2.75, 3.05) is 26.2 Å². The molecule has 0 saturated carbocycles. The fourth-order valence-electron chi connectivity index (χ4n) is 4.29. The van der Waals surface area contributed by atoms with E-state index in [9.17, 15) is 13.2 Å². The van der Waals surface area contributed by atoms with Crippen molar-refractivity contribution < 1.29 is 17.9 Å². The molecule has 2 aliphatic rings. The minimum Gasteiger partial charge on any atom is -0.377 e. The molecule has 2 aromatic rings. The van der Waals surface area contributed by atoms with Gasteiger partial charge in [-0.1, -0.05) is 6.92 Å². The lowest BCUT2D eigenvalue weighted by Crippen LogP contribution is -2.37. The highest BCUT2D eigenvalue weighted by molar-refractivity contribution is 7.89. The third kappa shape index (κ3) is 4.64. The third-order valence-electron chi connectivity index (χ3n) is 6.58. The smallest absolute Gasteiger partial charge is 0.265 e. The molecule has 1 atom stereocenters. The first-order valence-corrected chi connectivity index (χ1v) is 13.5. The van der Waals surface area contributed by atoms with Crippen LogP contribution in [-0.2, 0) is 21.8 Å². The second-order valence-corrected chi connectivity index (χ2v) is 11.7. The van der Waals surface area contributed by atoms with Crippen LogP contribution in [0.4, 0.5) is 0 Å². The third-order valence-corrected chi connectivity index (χ3v) is 9.29. The minimum atomic E-state index is -3.68. The van der Waals surface area contributed by atoms with E-state index in [0.29, 0.717) is 39.5 Å². The maximum atomic E-state index is 13.1. The number of piperidine rings is 1. The molecule has 0 bridgehead atoms. The highest BCUT2D eigenvalue weighted by atomic mass is 32.2. The quantitative estimate of drug-likeness (QED) is 0.686. The summed E-state index contributed by atoms with van der Waals surface area (Å²) in [5, 5.41) is 0.655. The van der Waals surface area contributed by atoms with E-state index >= 15 is 0 Å². The fourth-order valence-corrected chi connectivity index (χ4v) is 6.73. The summed E-state index contributed by atoms with van der Waals surface area (Å²) in [5.74, 6) is 0.674. The highest BCUT2D eigenvalue weighted by Gasteiger charge is 2.28. The monoisotopic (exact) mass is 480 g/mol. The summed E-state index contributed by atoms with van der Waals surface area (Å²) in [4.78, 5) is 20.5. The van der Waals surface area contributed by atoms with Gasteiger partial charge in [0.25, 0.3) is 5.91 Å². The summed E-state index contributed by atoms with van der Waals surface area (Å²) >= 11 is 1.34.